The third-order valence-corrected chi connectivity index (χ3v) is 2.29. The lowest BCUT2D eigenvalue weighted by Gasteiger charge is -1.91. The molecule has 2 heteroatoms. The van der Waals surface area contributed by atoms with Gasteiger partial charge in [-0.05, 0) is 18.2 Å². The first-order valence-corrected chi connectivity index (χ1v) is 6.81. The normalized spacial score (nSPS) is 8.40. The van der Waals surface area contributed by atoms with Crippen LogP contribution in [0, 0.1) is 23.7 Å². The zero-order valence-electron chi connectivity index (χ0n) is 8.19. The van der Waals surface area contributed by atoms with Gasteiger partial charge in [-0.2, -0.15) is 0 Å². The van der Waals surface area contributed by atoms with Gasteiger partial charge in [-0.1, -0.05) is 61.6 Å². The van der Waals surface area contributed by atoms with Crippen molar-refractivity contribution in [2.45, 2.75) is 6.42 Å². The van der Waals surface area contributed by atoms with Crippen LogP contribution in [0.15, 0.2) is 24.3 Å². The lowest BCUT2D eigenvalue weighted by atomic mass is 10.1. The Balaban J connectivity index is 2.80. The first-order valence-electron chi connectivity index (χ1n) is 4.56. The summed E-state index contributed by atoms with van der Waals surface area (Å²) in [5.41, 5.74) is 2.04. The molecule has 15 heavy (non-hydrogen) atoms. The largest absolute Gasteiger partial charge is 0.0970 e. The highest BCUT2D eigenvalue weighted by molar-refractivity contribution is 9.09. The molecule has 0 amide bonds. The van der Waals surface area contributed by atoms with E-state index in [0.29, 0.717) is 5.33 Å². The topological polar surface area (TPSA) is 0 Å². The Morgan fingerprint density at radius 1 is 1.00 bits per heavy atom. The molecule has 0 spiro atoms. The monoisotopic (exact) mass is 324 g/mol. The van der Waals surface area contributed by atoms with Crippen LogP contribution in [0.5, 0.6) is 0 Å². The Hall–Kier alpha value is -0.700. The Morgan fingerprint density at radius 3 is 2.27 bits per heavy atom. The Bertz CT molecular complexity index is 427. The van der Waals surface area contributed by atoms with Gasteiger partial charge in [-0.15, -0.1) is 0 Å². The van der Waals surface area contributed by atoms with Crippen LogP contribution in [-0.4, -0.2) is 10.7 Å². The zero-order valence-corrected chi connectivity index (χ0v) is 11.4. The van der Waals surface area contributed by atoms with Crippen LogP contribution in [-0.2, 0) is 0 Å². The van der Waals surface area contributed by atoms with Gasteiger partial charge in [0.2, 0.25) is 0 Å². The number of hydrogen-bond acceptors (Lipinski definition) is 0. The highest BCUT2D eigenvalue weighted by Gasteiger charge is 1.88. The molecule has 0 aliphatic heterocycles. The summed E-state index contributed by atoms with van der Waals surface area (Å²) in [6, 6.07) is 7.99. The van der Waals surface area contributed by atoms with E-state index in [2.05, 4.69) is 55.5 Å². The molecule has 0 nitrogen and oxygen atoms in total. The maximum absolute atomic E-state index is 3.34. The van der Waals surface area contributed by atoms with Crippen molar-refractivity contribution < 1.29 is 0 Å². The van der Waals surface area contributed by atoms with Crippen molar-refractivity contribution in [1.82, 2.24) is 0 Å². The Labute approximate surface area is 108 Å². The van der Waals surface area contributed by atoms with Gasteiger partial charge >= 0.3 is 0 Å². The third kappa shape index (κ3) is 5.07. The highest BCUT2D eigenvalue weighted by atomic mass is 79.9. The molecule has 1 rings (SSSR count). The molecule has 1 aromatic carbocycles. The quantitative estimate of drug-likeness (QED) is 0.547. The van der Waals surface area contributed by atoms with Gasteiger partial charge in [0.15, 0.2) is 0 Å². The molecule has 0 aromatic heterocycles. The van der Waals surface area contributed by atoms with Crippen molar-refractivity contribution in [2.24, 2.45) is 0 Å². The van der Waals surface area contributed by atoms with Gasteiger partial charge in [0.25, 0.3) is 0 Å². The smallest absolute Gasteiger partial charge is 0.0649 e. The molecular weight excluding hydrogens is 316 g/mol. The molecule has 0 radical (unpaired) electrons. The predicted molar refractivity (Wildman–Crippen MR) is 72.4 cm³/mol. The number of benzene rings is 1. The first kappa shape index (κ1) is 12.4. The van der Waals surface area contributed by atoms with Crippen LogP contribution in [0.3, 0.4) is 0 Å². The lowest BCUT2D eigenvalue weighted by Crippen LogP contribution is -1.78. The molecule has 0 saturated carbocycles. The Kier molecular flexibility index (Phi) is 6.25. The van der Waals surface area contributed by atoms with E-state index >= 15 is 0 Å². The van der Waals surface area contributed by atoms with E-state index in [1.807, 2.05) is 24.3 Å². The first-order chi connectivity index (χ1) is 7.36. The van der Waals surface area contributed by atoms with Crippen LogP contribution in [0.4, 0.5) is 0 Å². The fourth-order valence-electron chi connectivity index (χ4n) is 1.02. The zero-order chi connectivity index (χ0) is 10.9. The van der Waals surface area contributed by atoms with Gasteiger partial charge in [0, 0.05) is 22.9 Å². The maximum Gasteiger partial charge on any atom is 0.0649 e. The molecule has 0 saturated heterocycles. The average Bonchev–Trinajstić information content (AvgIpc) is 2.27. The second-order valence-electron chi connectivity index (χ2n) is 2.76. The van der Waals surface area contributed by atoms with Crippen molar-refractivity contribution in [3.8, 4) is 23.7 Å². The average molecular weight is 326 g/mol. The molecule has 0 N–H and O–H groups in total. The molecule has 0 fully saturated rings. The molecule has 0 heterocycles. The maximum atomic E-state index is 3.34. The van der Waals surface area contributed by atoms with Crippen molar-refractivity contribution in [3.63, 3.8) is 0 Å². The summed E-state index contributed by atoms with van der Waals surface area (Å²) >= 11 is 6.61. The van der Waals surface area contributed by atoms with Gasteiger partial charge in [0.1, 0.15) is 0 Å². The summed E-state index contributed by atoms with van der Waals surface area (Å²) in [5.74, 6) is 12.2. The van der Waals surface area contributed by atoms with Crippen molar-refractivity contribution in [3.05, 3.63) is 35.4 Å². The van der Waals surface area contributed by atoms with E-state index in [0.717, 1.165) is 22.9 Å². The van der Waals surface area contributed by atoms with Crippen LogP contribution in [0.25, 0.3) is 0 Å². The van der Waals surface area contributed by atoms with E-state index in [4.69, 9.17) is 0 Å². The number of halogens is 2. The fourth-order valence-corrected chi connectivity index (χ4v) is 1.36. The van der Waals surface area contributed by atoms with E-state index in [9.17, 15) is 0 Å². The second-order valence-corrected chi connectivity index (χ2v) is 4.11. The second kappa shape index (κ2) is 7.57. The Morgan fingerprint density at radius 2 is 1.67 bits per heavy atom. The molecule has 0 aliphatic carbocycles. The van der Waals surface area contributed by atoms with Crippen molar-refractivity contribution >= 4 is 31.9 Å². The van der Waals surface area contributed by atoms with E-state index in [1.165, 1.54) is 0 Å². The van der Waals surface area contributed by atoms with E-state index in [-0.39, 0.29) is 0 Å². The SMILES string of the molecule is BrCC#Cc1cccc(C#CCCBr)c1. The summed E-state index contributed by atoms with van der Waals surface area (Å²) in [6.07, 6.45) is 0.872. The standard InChI is InChI=1S/C13H10Br2/c14-9-2-1-5-12-6-3-7-13(11-12)8-4-10-15/h3,6-7,11H,2,9-10H2. The minimum Gasteiger partial charge on any atom is -0.0970 e. The van der Waals surface area contributed by atoms with Crippen LogP contribution in [0.1, 0.15) is 17.5 Å². The molecule has 76 valence electrons. The number of rotatable bonds is 1. The lowest BCUT2D eigenvalue weighted by molar-refractivity contribution is 1.32. The summed E-state index contributed by atoms with van der Waals surface area (Å²) < 4.78 is 0. The summed E-state index contributed by atoms with van der Waals surface area (Å²) in [4.78, 5) is 0. The van der Waals surface area contributed by atoms with E-state index in [1.54, 1.807) is 0 Å². The molecule has 0 bridgehead atoms. The fraction of sp³-hybridized carbons (Fsp3) is 0.231. The summed E-state index contributed by atoms with van der Waals surface area (Å²) in [7, 11) is 0. The summed E-state index contributed by atoms with van der Waals surface area (Å²) in [5, 5.41) is 1.62. The van der Waals surface area contributed by atoms with Crippen LogP contribution in [0.2, 0.25) is 0 Å². The third-order valence-electron chi connectivity index (χ3n) is 1.61. The van der Waals surface area contributed by atoms with Gasteiger partial charge in [0.05, 0.1) is 5.33 Å². The van der Waals surface area contributed by atoms with E-state index < -0.39 is 0 Å². The van der Waals surface area contributed by atoms with Crippen LogP contribution >= 0.6 is 31.9 Å². The summed E-state index contributed by atoms with van der Waals surface area (Å²) in [6.45, 7) is 0. The predicted octanol–water partition coefficient (Wildman–Crippen LogP) is 3.57. The molecule has 0 aliphatic rings. The van der Waals surface area contributed by atoms with Crippen molar-refractivity contribution in [2.75, 3.05) is 10.7 Å². The minimum absolute atomic E-state index is 0.701. The molecular formula is C13H10Br2. The highest BCUT2D eigenvalue weighted by Crippen LogP contribution is 2.02. The van der Waals surface area contributed by atoms with Crippen molar-refractivity contribution in [1.29, 1.82) is 0 Å². The molecule has 0 unspecified atom stereocenters. The minimum atomic E-state index is 0.701. The molecule has 1 aromatic rings. The van der Waals surface area contributed by atoms with Crippen LogP contribution < -0.4 is 0 Å². The van der Waals surface area contributed by atoms with Gasteiger partial charge in [-0.25, -0.2) is 0 Å². The van der Waals surface area contributed by atoms with Gasteiger partial charge in [-0.3, -0.25) is 0 Å². The van der Waals surface area contributed by atoms with Gasteiger partial charge < -0.3 is 0 Å². The number of hydrogen-bond donors (Lipinski definition) is 0. The molecule has 0 atom stereocenters. The number of alkyl halides is 2.